The average Bonchev–Trinajstić information content (AvgIpc) is 2.29. The van der Waals surface area contributed by atoms with E-state index in [0.29, 0.717) is 11.5 Å². The topological polar surface area (TPSA) is 12.4 Å². The van der Waals surface area contributed by atoms with Gasteiger partial charge in [0.1, 0.15) is 0 Å². The monoisotopic (exact) mass is 353 g/mol. The molecule has 1 aromatic rings. The van der Waals surface area contributed by atoms with E-state index in [-0.39, 0.29) is 0 Å². The molecule has 0 saturated heterocycles. The van der Waals surface area contributed by atoms with Gasteiger partial charge in [-0.05, 0) is 58.1 Å². The van der Waals surface area contributed by atoms with E-state index in [1.165, 1.54) is 14.7 Å². The first-order chi connectivity index (χ1) is 8.46. The summed E-state index contributed by atoms with van der Waals surface area (Å²) in [4.78, 5) is 4.73. The van der Waals surface area contributed by atoms with Gasteiger partial charge >= 0.3 is 0 Å². The SMILES string of the molecule is CC(C)(C)CC1=CCC(c2ccccc2I)N=C1. The first-order valence-corrected chi connectivity index (χ1v) is 7.50. The Hall–Kier alpha value is -0.640. The van der Waals surface area contributed by atoms with E-state index >= 15 is 0 Å². The van der Waals surface area contributed by atoms with E-state index in [9.17, 15) is 0 Å². The molecule has 0 bridgehead atoms. The van der Waals surface area contributed by atoms with Crippen LogP contribution in [0.25, 0.3) is 0 Å². The Labute approximate surface area is 124 Å². The van der Waals surface area contributed by atoms with E-state index in [1.807, 2.05) is 0 Å². The summed E-state index contributed by atoms with van der Waals surface area (Å²) in [6.45, 7) is 6.82. The highest BCUT2D eigenvalue weighted by molar-refractivity contribution is 14.1. The molecule has 0 saturated carbocycles. The lowest BCUT2D eigenvalue weighted by Crippen LogP contribution is -2.10. The van der Waals surface area contributed by atoms with Gasteiger partial charge in [0, 0.05) is 9.78 Å². The van der Waals surface area contributed by atoms with Crippen molar-refractivity contribution in [2.24, 2.45) is 10.4 Å². The molecular weight excluding hydrogens is 333 g/mol. The van der Waals surface area contributed by atoms with Crippen LogP contribution in [0, 0.1) is 8.99 Å². The second-order valence-corrected chi connectivity index (χ2v) is 7.23. The molecule has 0 radical (unpaired) electrons. The Morgan fingerprint density at radius 1 is 1.28 bits per heavy atom. The lowest BCUT2D eigenvalue weighted by Gasteiger charge is -2.22. The summed E-state index contributed by atoms with van der Waals surface area (Å²) in [5, 5.41) is 0. The zero-order valence-electron chi connectivity index (χ0n) is 11.3. The van der Waals surface area contributed by atoms with Crippen LogP contribution >= 0.6 is 22.6 Å². The fourth-order valence-electron chi connectivity index (χ4n) is 2.25. The predicted octanol–water partition coefficient (Wildman–Crippen LogP) is 5.17. The highest BCUT2D eigenvalue weighted by Gasteiger charge is 2.17. The Bertz CT molecular complexity index is 480. The van der Waals surface area contributed by atoms with E-state index < -0.39 is 0 Å². The van der Waals surface area contributed by atoms with Crippen molar-refractivity contribution >= 4 is 28.8 Å². The van der Waals surface area contributed by atoms with Crippen LogP contribution in [0.4, 0.5) is 0 Å². The van der Waals surface area contributed by atoms with Crippen molar-refractivity contribution in [3.05, 3.63) is 45.0 Å². The van der Waals surface area contributed by atoms with Crippen LogP contribution in [0.15, 0.2) is 40.9 Å². The minimum atomic E-state index is 0.307. The minimum Gasteiger partial charge on any atom is -0.284 e. The van der Waals surface area contributed by atoms with Crippen LogP contribution in [-0.2, 0) is 0 Å². The van der Waals surface area contributed by atoms with Crippen molar-refractivity contribution in [3.63, 3.8) is 0 Å². The number of dihydropyridines is 1. The summed E-state index contributed by atoms with van der Waals surface area (Å²) < 4.78 is 1.31. The molecule has 0 spiro atoms. The molecule has 1 atom stereocenters. The molecule has 2 heteroatoms. The van der Waals surface area contributed by atoms with Gasteiger partial charge in [-0.25, -0.2) is 0 Å². The summed E-state index contributed by atoms with van der Waals surface area (Å²) in [6, 6.07) is 8.83. The average molecular weight is 353 g/mol. The van der Waals surface area contributed by atoms with Crippen molar-refractivity contribution in [3.8, 4) is 0 Å². The molecule has 18 heavy (non-hydrogen) atoms. The first-order valence-electron chi connectivity index (χ1n) is 6.42. The van der Waals surface area contributed by atoms with Crippen LogP contribution in [0.5, 0.6) is 0 Å². The molecule has 0 aromatic heterocycles. The molecule has 1 aliphatic heterocycles. The predicted molar refractivity (Wildman–Crippen MR) is 87.2 cm³/mol. The zero-order valence-corrected chi connectivity index (χ0v) is 13.4. The smallest absolute Gasteiger partial charge is 0.0793 e. The summed E-state index contributed by atoms with van der Waals surface area (Å²) >= 11 is 2.40. The number of aliphatic imine (C=N–C) groups is 1. The number of rotatable bonds is 2. The molecule has 2 rings (SSSR count). The van der Waals surface area contributed by atoms with Crippen molar-refractivity contribution in [1.82, 2.24) is 0 Å². The van der Waals surface area contributed by atoms with Gasteiger partial charge in [0.05, 0.1) is 6.04 Å². The summed E-state index contributed by atoms with van der Waals surface area (Å²) in [5.74, 6) is 0. The third-order valence-electron chi connectivity index (χ3n) is 3.02. The second kappa shape index (κ2) is 5.55. The lowest BCUT2D eigenvalue weighted by molar-refractivity contribution is 0.414. The molecule has 1 aromatic carbocycles. The van der Waals surface area contributed by atoms with Gasteiger partial charge in [-0.1, -0.05) is 45.0 Å². The van der Waals surface area contributed by atoms with Gasteiger partial charge in [0.2, 0.25) is 0 Å². The van der Waals surface area contributed by atoms with Crippen LogP contribution in [-0.4, -0.2) is 6.21 Å². The summed E-state index contributed by atoms with van der Waals surface area (Å²) in [7, 11) is 0. The van der Waals surface area contributed by atoms with Crippen molar-refractivity contribution < 1.29 is 0 Å². The van der Waals surface area contributed by atoms with Crippen LogP contribution in [0.3, 0.4) is 0 Å². The summed E-state index contributed by atoms with van der Waals surface area (Å²) in [5.41, 5.74) is 3.07. The van der Waals surface area contributed by atoms with Gasteiger partial charge < -0.3 is 0 Å². The lowest BCUT2D eigenvalue weighted by atomic mass is 9.86. The number of hydrogen-bond acceptors (Lipinski definition) is 1. The fourth-order valence-corrected chi connectivity index (χ4v) is 2.99. The van der Waals surface area contributed by atoms with Crippen molar-refractivity contribution in [2.75, 3.05) is 0 Å². The largest absolute Gasteiger partial charge is 0.284 e. The third-order valence-corrected chi connectivity index (χ3v) is 4.00. The zero-order chi connectivity index (χ0) is 13.2. The molecule has 0 amide bonds. The molecule has 0 aliphatic carbocycles. The van der Waals surface area contributed by atoms with Gasteiger partial charge in [-0.2, -0.15) is 0 Å². The van der Waals surface area contributed by atoms with E-state index in [0.717, 1.165) is 12.8 Å². The second-order valence-electron chi connectivity index (χ2n) is 6.07. The van der Waals surface area contributed by atoms with Crippen molar-refractivity contribution in [1.29, 1.82) is 0 Å². The first kappa shape index (κ1) is 13.8. The van der Waals surface area contributed by atoms with Gasteiger partial charge in [0.25, 0.3) is 0 Å². The van der Waals surface area contributed by atoms with Gasteiger partial charge in [-0.3, -0.25) is 4.99 Å². The Balaban J connectivity index is 2.08. The number of nitrogens with zero attached hydrogens (tertiary/aromatic N) is 1. The third kappa shape index (κ3) is 3.67. The normalized spacial score (nSPS) is 19.8. The van der Waals surface area contributed by atoms with Crippen LogP contribution < -0.4 is 0 Å². The maximum atomic E-state index is 4.73. The Morgan fingerprint density at radius 2 is 2.00 bits per heavy atom. The van der Waals surface area contributed by atoms with Crippen LogP contribution in [0.2, 0.25) is 0 Å². The molecule has 96 valence electrons. The summed E-state index contributed by atoms with van der Waals surface area (Å²) in [6.07, 6.45) is 6.56. The maximum Gasteiger partial charge on any atom is 0.0793 e. The molecule has 1 unspecified atom stereocenters. The molecule has 0 N–H and O–H groups in total. The van der Waals surface area contributed by atoms with Crippen molar-refractivity contribution in [2.45, 2.75) is 39.7 Å². The van der Waals surface area contributed by atoms with E-state index in [2.05, 4.69) is 79.9 Å². The van der Waals surface area contributed by atoms with Gasteiger partial charge in [-0.15, -0.1) is 0 Å². The number of hydrogen-bond donors (Lipinski definition) is 0. The molecule has 1 heterocycles. The standard InChI is InChI=1S/C16H20IN/c1-16(2,3)10-12-8-9-15(18-11-12)13-6-4-5-7-14(13)17/h4-8,11,15H,9-10H2,1-3H3. The Morgan fingerprint density at radius 3 is 2.56 bits per heavy atom. The number of allylic oxidation sites excluding steroid dienone is 1. The number of benzene rings is 1. The fraction of sp³-hybridized carbons (Fsp3) is 0.438. The minimum absolute atomic E-state index is 0.307. The van der Waals surface area contributed by atoms with Gasteiger partial charge in [0.15, 0.2) is 0 Å². The molecular formula is C16H20IN. The van der Waals surface area contributed by atoms with Crippen LogP contribution in [0.1, 0.15) is 45.2 Å². The number of halogens is 1. The molecule has 1 aliphatic rings. The maximum absolute atomic E-state index is 4.73. The highest BCUT2D eigenvalue weighted by Crippen LogP contribution is 2.31. The van der Waals surface area contributed by atoms with E-state index in [1.54, 1.807) is 0 Å². The quantitative estimate of drug-likeness (QED) is 0.651. The molecule has 1 nitrogen and oxygen atoms in total. The highest BCUT2D eigenvalue weighted by atomic mass is 127. The molecule has 0 fully saturated rings. The Kier molecular flexibility index (Phi) is 4.25. The van der Waals surface area contributed by atoms with E-state index in [4.69, 9.17) is 4.99 Å².